The molecule has 2 unspecified atom stereocenters. The third kappa shape index (κ3) is 11.6. The third-order valence-corrected chi connectivity index (χ3v) is 9.75. The molecule has 2 rings (SSSR count). The molecule has 0 amide bonds. The van der Waals surface area contributed by atoms with Crippen LogP contribution in [0.1, 0.15) is 140 Å². The van der Waals surface area contributed by atoms with Gasteiger partial charge >= 0.3 is 16.5 Å². The second-order valence-electron chi connectivity index (χ2n) is 15.3. The molecule has 0 aliphatic heterocycles. The van der Waals surface area contributed by atoms with Crippen LogP contribution in [0.15, 0.2) is 24.3 Å². The number of hydrogen-bond acceptors (Lipinski definition) is 10. The fraction of sp³-hybridized carbons (Fsp3) is 0.588. The van der Waals surface area contributed by atoms with Crippen LogP contribution in [-0.4, -0.2) is 34.5 Å². The van der Waals surface area contributed by atoms with Crippen molar-refractivity contribution in [2.24, 2.45) is 0 Å². The van der Waals surface area contributed by atoms with E-state index in [2.05, 4.69) is 9.05 Å². The summed E-state index contributed by atoms with van der Waals surface area (Å²) in [6.07, 6.45) is 0. The summed E-state index contributed by atoms with van der Waals surface area (Å²) in [4.78, 5) is 48.6. The van der Waals surface area contributed by atoms with E-state index >= 15 is 0 Å². The molecule has 0 radical (unpaired) electrons. The van der Waals surface area contributed by atoms with Gasteiger partial charge in [-0.2, -0.15) is 0 Å². The number of aromatic hydroxyl groups is 2. The molecule has 0 aliphatic carbocycles. The Morgan fingerprint density at radius 3 is 0.915 bits per heavy atom. The van der Waals surface area contributed by atoms with Crippen molar-refractivity contribution in [1.82, 2.24) is 0 Å². The van der Waals surface area contributed by atoms with E-state index in [1.807, 2.05) is 83.1 Å². The molecule has 2 aromatic carbocycles. The molecular formula is C34H52NiO10P2. The van der Waals surface area contributed by atoms with Crippen LogP contribution in [0.25, 0.3) is 0 Å². The van der Waals surface area contributed by atoms with Crippen molar-refractivity contribution >= 4 is 26.2 Å². The van der Waals surface area contributed by atoms with Gasteiger partial charge in [-0.1, -0.05) is 83.1 Å². The van der Waals surface area contributed by atoms with Crippen molar-refractivity contribution in [2.75, 3.05) is 13.2 Å². The molecule has 268 valence electrons. The average molecular weight is 741 g/mol. The van der Waals surface area contributed by atoms with E-state index in [0.717, 1.165) is 0 Å². The van der Waals surface area contributed by atoms with E-state index in [9.17, 15) is 38.7 Å². The van der Waals surface area contributed by atoms with Gasteiger partial charge in [0.15, 0.2) is 0 Å². The summed E-state index contributed by atoms with van der Waals surface area (Å²) in [7, 11) is -9.27. The van der Waals surface area contributed by atoms with E-state index in [1.54, 1.807) is 0 Å². The standard InChI is InChI=1S/2C17H27O5P.Ni/c2*1-8-22-23(20,21)15(19)11-9-12(16(2,3)4)14(18)13(10-11)17(5,6)7;/h2*9-10,18H,8H2,1-7H3,(H,20,21);/q;;+2/p-2. The molecule has 0 aliphatic rings. The van der Waals surface area contributed by atoms with Crippen molar-refractivity contribution in [1.29, 1.82) is 0 Å². The molecule has 13 heteroatoms. The van der Waals surface area contributed by atoms with Crippen molar-refractivity contribution in [3.05, 3.63) is 57.6 Å². The largest absolute Gasteiger partial charge is 2.00 e. The third-order valence-electron chi connectivity index (χ3n) is 7.04. The molecule has 2 N–H and O–H groups in total. The minimum atomic E-state index is -4.64. The molecule has 0 saturated carbocycles. The van der Waals surface area contributed by atoms with Crippen LogP contribution in [0, 0.1) is 0 Å². The second-order valence-corrected chi connectivity index (χ2v) is 18.6. The number of carbonyl (C=O) groups is 2. The van der Waals surface area contributed by atoms with Crippen LogP contribution >= 0.6 is 15.2 Å². The summed E-state index contributed by atoms with van der Waals surface area (Å²) >= 11 is 0. The van der Waals surface area contributed by atoms with Crippen LogP contribution in [0.4, 0.5) is 0 Å². The monoisotopic (exact) mass is 740 g/mol. The molecule has 10 nitrogen and oxygen atoms in total. The maximum Gasteiger partial charge on any atom is 2.00 e. The predicted octanol–water partition coefficient (Wildman–Crippen LogP) is 7.43. The smallest absolute Gasteiger partial charge is 0.773 e. The molecule has 2 aromatic rings. The van der Waals surface area contributed by atoms with Gasteiger partial charge in [0.25, 0.3) is 0 Å². The van der Waals surface area contributed by atoms with E-state index in [0.29, 0.717) is 22.3 Å². The fourth-order valence-corrected chi connectivity index (χ4v) is 6.38. The van der Waals surface area contributed by atoms with Gasteiger partial charge in [0.1, 0.15) is 11.5 Å². The number of phenolic OH excluding ortho intramolecular Hbond substituents is 2. The average Bonchev–Trinajstić information content (AvgIpc) is 2.85. The molecule has 0 saturated heterocycles. The zero-order valence-electron chi connectivity index (χ0n) is 30.1. The minimum Gasteiger partial charge on any atom is -0.773 e. The van der Waals surface area contributed by atoms with Gasteiger partial charge in [-0.15, -0.1) is 0 Å². The zero-order valence-corrected chi connectivity index (χ0v) is 32.9. The summed E-state index contributed by atoms with van der Waals surface area (Å²) in [5, 5.41) is 21.2. The molecule has 0 heterocycles. The summed E-state index contributed by atoms with van der Waals surface area (Å²) < 4.78 is 33.1. The Labute approximate surface area is 290 Å². The molecular weight excluding hydrogens is 689 g/mol. The fourth-order valence-electron chi connectivity index (χ4n) is 4.58. The quantitative estimate of drug-likeness (QED) is 0.205. The Balaban J connectivity index is 0.000000882. The van der Waals surface area contributed by atoms with Gasteiger partial charge in [0.05, 0.1) is 13.2 Å². The van der Waals surface area contributed by atoms with Crippen molar-refractivity contribution in [3.8, 4) is 11.5 Å². The number of phenols is 2. The van der Waals surface area contributed by atoms with Gasteiger partial charge < -0.3 is 38.2 Å². The number of carbonyl (C=O) groups excluding carboxylic acids is 2. The first-order valence-electron chi connectivity index (χ1n) is 15.2. The summed E-state index contributed by atoms with van der Waals surface area (Å²) in [5.74, 6) is 0.192. The van der Waals surface area contributed by atoms with E-state index in [-0.39, 0.29) is 52.3 Å². The van der Waals surface area contributed by atoms with Crippen LogP contribution in [0.2, 0.25) is 0 Å². The Hall–Kier alpha value is -1.83. The molecule has 0 aromatic heterocycles. The maximum atomic E-state index is 12.3. The van der Waals surface area contributed by atoms with E-state index in [4.69, 9.17) is 0 Å². The topological polar surface area (TPSA) is 173 Å². The molecule has 0 bridgehead atoms. The second kappa shape index (κ2) is 15.8. The van der Waals surface area contributed by atoms with Gasteiger partial charge in [-0.3, -0.25) is 9.59 Å². The Morgan fingerprint density at radius 1 is 0.574 bits per heavy atom. The molecule has 47 heavy (non-hydrogen) atoms. The van der Waals surface area contributed by atoms with E-state index < -0.39 is 47.9 Å². The normalized spacial score (nSPS) is 15.0. The summed E-state index contributed by atoms with van der Waals surface area (Å²) in [6, 6.07) is 5.76. The van der Waals surface area contributed by atoms with Gasteiger partial charge in [0.2, 0.25) is 26.2 Å². The van der Waals surface area contributed by atoms with Crippen molar-refractivity contribution < 1.29 is 64.3 Å². The van der Waals surface area contributed by atoms with Crippen molar-refractivity contribution in [2.45, 2.75) is 119 Å². The van der Waals surface area contributed by atoms with Gasteiger partial charge in [-0.05, 0) is 59.8 Å². The SMILES string of the molecule is CCOP(=O)([O-])C(=O)c1cc(C(C)(C)C)c(O)c(C(C)(C)C)c1.CCOP(=O)([O-])C(=O)c1cc(C(C)(C)C)c(O)c(C(C)(C)C)c1.[Ni+2]. The maximum absolute atomic E-state index is 12.3. The first kappa shape index (κ1) is 45.2. The minimum absolute atomic E-state index is 0. The van der Waals surface area contributed by atoms with Gasteiger partial charge in [0, 0.05) is 33.4 Å². The van der Waals surface area contributed by atoms with Crippen molar-refractivity contribution in [3.63, 3.8) is 0 Å². The summed E-state index contributed by atoms with van der Waals surface area (Å²) in [5.41, 5.74) is -1.74. The zero-order chi connectivity index (χ0) is 36.4. The Morgan fingerprint density at radius 2 is 0.766 bits per heavy atom. The first-order chi connectivity index (χ1) is 20.4. The molecule has 0 spiro atoms. The number of benzene rings is 2. The molecule has 0 fully saturated rings. The first-order valence-corrected chi connectivity index (χ1v) is 18.3. The van der Waals surface area contributed by atoms with Crippen LogP contribution in [0.5, 0.6) is 11.5 Å². The van der Waals surface area contributed by atoms with Crippen LogP contribution < -0.4 is 9.79 Å². The van der Waals surface area contributed by atoms with E-state index in [1.165, 1.54) is 38.1 Å². The van der Waals surface area contributed by atoms with Gasteiger partial charge in [-0.25, -0.2) is 0 Å². The number of hydrogen-bond donors (Lipinski definition) is 2. The van der Waals surface area contributed by atoms with Crippen LogP contribution in [0.3, 0.4) is 0 Å². The Kier molecular flexibility index (Phi) is 15.2. The Bertz CT molecular complexity index is 1350. The number of rotatable bonds is 8. The predicted molar refractivity (Wildman–Crippen MR) is 178 cm³/mol. The summed E-state index contributed by atoms with van der Waals surface area (Å²) in [6.45, 7) is 25.5. The molecule has 2 atom stereocenters. The van der Waals surface area contributed by atoms with Crippen LogP contribution in [-0.2, 0) is 56.3 Å².